The van der Waals surface area contributed by atoms with E-state index < -0.39 is 0 Å². The number of H-pyrrole nitrogens is 1. The maximum Gasteiger partial charge on any atom is 0.178 e. The van der Waals surface area contributed by atoms with Gasteiger partial charge < -0.3 is 9.55 Å². The van der Waals surface area contributed by atoms with E-state index in [0.29, 0.717) is 16.7 Å². The van der Waals surface area contributed by atoms with Crippen molar-refractivity contribution in [2.45, 2.75) is 33.2 Å². The SMILES string of the molecule is CCC(C(C)C)n1c(=S)[nH]c2ccc(F)cc21. The molecular weight excluding hydrogens is 235 g/mol. The first-order valence-corrected chi connectivity index (χ1v) is 6.35. The van der Waals surface area contributed by atoms with E-state index in [2.05, 4.69) is 25.8 Å². The summed E-state index contributed by atoms with van der Waals surface area (Å²) in [6.07, 6.45) is 0.982. The zero-order chi connectivity index (χ0) is 12.6. The van der Waals surface area contributed by atoms with Gasteiger partial charge in [0, 0.05) is 6.04 Å². The van der Waals surface area contributed by atoms with Gasteiger partial charge in [0.25, 0.3) is 0 Å². The summed E-state index contributed by atoms with van der Waals surface area (Å²) >= 11 is 5.34. The molecule has 0 aliphatic carbocycles. The van der Waals surface area contributed by atoms with Crippen molar-refractivity contribution in [3.05, 3.63) is 28.8 Å². The topological polar surface area (TPSA) is 20.7 Å². The molecule has 1 N–H and O–H groups in total. The summed E-state index contributed by atoms with van der Waals surface area (Å²) in [5.74, 6) is 0.243. The number of aromatic amines is 1. The lowest BCUT2D eigenvalue weighted by Gasteiger charge is -2.21. The van der Waals surface area contributed by atoms with Gasteiger partial charge in [-0.25, -0.2) is 4.39 Å². The lowest BCUT2D eigenvalue weighted by atomic mass is 10.0. The standard InChI is InChI=1S/C13H17FN2S/c1-4-11(8(2)3)16-12-7-9(14)5-6-10(12)15-13(16)17/h5-8,11H,4H2,1-3H3,(H,15,17). The minimum atomic E-state index is -0.223. The zero-order valence-corrected chi connectivity index (χ0v) is 11.1. The fraction of sp³-hybridized carbons (Fsp3) is 0.462. The number of nitrogens with one attached hydrogen (secondary N) is 1. The van der Waals surface area contributed by atoms with Crippen LogP contribution in [-0.4, -0.2) is 9.55 Å². The van der Waals surface area contributed by atoms with Crippen LogP contribution in [0.5, 0.6) is 0 Å². The second-order valence-corrected chi connectivity index (χ2v) is 5.07. The average Bonchev–Trinajstić information content (AvgIpc) is 2.56. The minimum absolute atomic E-state index is 0.223. The summed E-state index contributed by atoms with van der Waals surface area (Å²) in [4.78, 5) is 3.14. The highest BCUT2D eigenvalue weighted by atomic mass is 32.1. The van der Waals surface area contributed by atoms with Crippen molar-refractivity contribution in [3.63, 3.8) is 0 Å². The van der Waals surface area contributed by atoms with Crippen LogP contribution >= 0.6 is 12.2 Å². The molecule has 2 nitrogen and oxygen atoms in total. The van der Waals surface area contributed by atoms with Crippen LogP contribution in [0.1, 0.15) is 33.2 Å². The summed E-state index contributed by atoms with van der Waals surface area (Å²) in [6, 6.07) is 5.04. The highest BCUT2D eigenvalue weighted by Gasteiger charge is 2.17. The predicted molar refractivity (Wildman–Crippen MR) is 71.2 cm³/mol. The summed E-state index contributed by atoms with van der Waals surface area (Å²) in [6.45, 7) is 6.45. The number of fused-ring (bicyclic) bond motifs is 1. The Kier molecular flexibility index (Phi) is 3.33. The number of nitrogens with zero attached hydrogens (tertiary/aromatic N) is 1. The van der Waals surface area contributed by atoms with E-state index >= 15 is 0 Å². The Morgan fingerprint density at radius 2 is 2.12 bits per heavy atom. The first-order chi connectivity index (χ1) is 8.04. The molecule has 0 fully saturated rings. The van der Waals surface area contributed by atoms with E-state index in [1.54, 1.807) is 12.1 Å². The van der Waals surface area contributed by atoms with Gasteiger partial charge in [-0.15, -0.1) is 0 Å². The molecule has 17 heavy (non-hydrogen) atoms. The van der Waals surface area contributed by atoms with Crippen molar-refractivity contribution < 1.29 is 4.39 Å². The molecule has 0 amide bonds. The second-order valence-electron chi connectivity index (χ2n) is 4.68. The molecule has 0 radical (unpaired) electrons. The second kappa shape index (κ2) is 4.61. The lowest BCUT2D eigenvalue weighted by molar-refractivity contribution is 0.370. The molecule has 0 bridgehead atoms. The summed E-state index contributed by atoms with van der Waals surface area (Å²) < 4.78 is 16.0. The molecule has 92 valence electrons. The molecule has 2 rings (SSSR count). The van der Waals surface area contributed by atoms with Crippen molar-refractivity contribution in [1.82, 2.24) is 9.55 Å². The van der Waals surface area contributed by atoms with Crippen LogP contribution < -0.4 is 0 Å². The van der Waals surface area contributed by atoms with E-state index in [9.17, 15) is 4.39 Å². The van der Waals surface area contributed by atoms with Gasteiger partial charge in [0.1, 0.15) is 5.82 Å². The Morgan fingerprint density at radius 1 is 1.41 bits per heavy atom. The van der Waals surface area contributed by atoms with Gasteiger partial charge in [-0.3, -0.25) is 0 Å². The third-order valence-electron chi connectivity index (χ3n) is 3.20. The lowest BCUT2D eigenvalue weighted by Crippen LogP contribution is -2.14. The van der Waals surface area contributed by atoms with E-state index in [-0.39, 0.29) is 5.82 Å². The fourth-order valence-corrected chi connectivity index (χ4v) is 2.72. The highest BCUT2D eigenvalue weighted by molar-refractivity contribution is 7.71. The number of hydrogen-bond acceptors (Lipinski definition) is 1. The summed E-state index contributed by atoms with van der Waals surface area (Å²) in [7, 11) is 0. The van der Waals surface area contributed by atoms with Gasteiger partial charge in [0.15, 0.2) is 4.77 Å². The van der Waals surface area contributed by atoms with Crippen LogP contribution in [0.3, 0.4) is 0 Å². The maximum atomic E-state index is 13.3. The van der Waals surface area contributed by atoms with Crippen LogP contribution in [0.25, 0.3) is 11.0 Å². The van der Waals surface area contributed by atoms with Crippen LogP contribution in [0.2, 0.25) is 0 Å². The van der Waals surface area contributed by atoms with Gasteiger partial charge in [-0.1, -0.05) is 20.8 Å². The summed E-state index contributed by atoms with van der Waals surface area (Å²) in [5.41, 5.74) is 1.76. The molecule has 2 aromatic rings. The quantitative estimate of drug-likeness (QED) is 0.801. The van der Waals surface area contributed by atoms with E-state index in [0.717, 1.165) is 17.5 Å². The molecule has 1 atom stereocenters. The molecule has 0 aliphatic rings. The van der Waals surface area contributed by atoms with Gasteiger partial charge in [-0.2, -0.15) is 0 Å². The molecule has 1 aromatic heterocycles. The van der Waals surface area contributed by atoms with Gasteiger partial charge in [0.2, 0.25) is 0 Å². The molecular formula is C13H17FN2S. The Balaban J connectivity index is 2.70. The average molecular weight is 252 g/mol. The Labute approximate surface area is 105 Å². The Bertz CT molecular complexity index is 583. The van der Waals surface area contributed by atoms with Crippen LogP contribution in [0.4, 0.5) is 4.39 Å². The Morgan fingerprint density at radius 3 is 2.71 bits per heavy atom. The van der Waals surface area contributed by atoms with Crippen LogP contribution in [0, 0.1) is 16.5 Å². The normalized spacial score (nSPS) is 13.5. The number of hydrogen-bond donors (Lipinski definition) is 1. The van der Waals surface area contributed by atoms with Crippen molar-refractivity contribution in [3.8, 4) is 0 Å². The minimum Gasteiger partial charge on any atom is -0.331 e. The van der Waals surface area contributed by atoms with Crippen LogP contribution in [0.15, 0.2) is 18.2 Å². The molecule has 0 spiro atoms. The number of rotatable bonds is 3. The third kappa shape index (κ3) is 2.14. The number of imidazole rings is 1. The van der Waals surface area contributed by atoms with Crippen LogP contribution in [-0.2, 0) is 0 Å². The predicted octanol–water partition coefficient (Wildman–Crippen LogP) is 4.45. The van der Waals surface area contributed by atoms with Gasteiger partial charge in [-0.05, 0) is 42.8 Å². The monoisotopic (exact) mass is 252 g/mol. The van der Waals surface area contributed by atoms with E-state index in [1.807, 2.05) is 4.57 Å². The zero-order valence-electron chi connectivity index (χ0n) is 10.3. The molecule has 0 saturated heterocycles. The first kappa shape index (κ1) is 12.3. The molecule has 0 aliphatic heterocycles. The molecule has 1 unspecified atom stereocenters. The van der Waals surface area contributed by atoms with E-state index in [1.165, 1.54) is 6.07 Å². The maximum absolute atomic E-state index is 13.3. The third-order valence-corrected chi connectivity index (χ3v) is 3.50. The highest BCUT2D eigenvalue weighted by Crippen LogP contribution is 2.27. The van der Waals surface area contributed by atoms with Crippen molar-refractivity contribution in [1.29, 1.82) is 0 Å². The first-order valence-electron chi connectivity index (χ1n) is 5.94. The Hall–Kier alpha value is -1.16. The molecule has 1 heterocycles. The molecule has 4 heteroatoms. The fourth-order valence-electron chi connectivity index (χ4n) is 2.38. The summed E-state index contributed by atoms with van der Waals surface area (Å²) in [5, 5.41) is 0. The van der Waals surface area contributed by atoms with Gasteiger partial charge >= 0.3 is 0 Å². The smallest absolute Gasteiger partial charge is 0.178 e. The van der Waals surface area contributed by atoms with Gasteiger partial charge in [0.05, 0.1) is 11.0 Å². The number of halogens is 1. The van der Waals surface area contributed by atoms with Crippen molar-refractivity contribution in [2.75, 3.05) is 0 Å². The largest absolute Gasteiger partial charge is 0.331 e. The van der Waals surface area contributed by atoms with Crippen molar-refractivity contribution >= 4 is 23.3 Å². The number of aromatic nitrogens is 2. The molecule has 1 aromatic carbocycles. The van der Waals surface area contributed by atoms with Crippen molar-refractivity contribution in [2.24, 2.45) is 5.92 Å². The van der Waals surface area contributed by atoms with E-state index in [4.69, 9.17) is 12.2 Å². The molecule has 0 saturated carbocycles. The number of benzene rings is 1.